The van der Waals surface area contributed by atoms with Gasteiger partial charge in [0.15, 0.2) is 0 Å². The second-order valence-corrected chi connectivity index (χ2v) is 5.19. The molecule has 0 radical (unpaired) electrons. The van der Waals surface area contributed by atoms with Gasteiger partial charge in [0, 0.05) is 15.5 Å². The molecule has 0 aliphatic rings. The standard InChI is InChI=1S/C14H11BrN4O/c1-8-16-13(19-18-8)14(20)17-12-7-6-11(15)9-4-2-3-5-10(9)12/h2-7H,1H3,(H,17,20)(H,16,18,19). The third-order valence-electron chi connectivity index (χ3n) is 2.92. The summed E-state index contributed by atoms with van der Waals surface area (Å²) in [6, 6.07) is 11.6. The second kappa shape index (κ2) is 5.05. The molecule has 0 aliphatic carbocycles. The Bertz CT molecular complexity index is 797. The molecule has 1 amide bonds. The lowest BCUT2D eigenvalue weighted by Crippen LogP contribution is -2.14. The Morgan fingerprint density at radius 1 is 1.20 bits per heavy atom. The van der Waals surface area contributed by atoms with Crippen molar-refractivity contribution in [2.75, 3.05) is 5.32 Å². The largest absolute Gasteiger partial charge is 0.319 e. The molecule has 0 unspecified atom stereocenters. The van der Waals surface area contributed by atoms with Crippen LogP contribution in [0.1, 0.15) is 16.4 Å². The number of halogens is 1. The van der Waals surface area contributed by atoms with E-state index in [4.69, 9.17) is 0 Å². The van der Waals surface area contributed by atoms with E-state index < -0.39 is 0 Å². The topological polar surface area (TPSA) is 70.7 Å². The van der Waals surface area contributed by atoms with Crippen molar-refractivity contribution in [3.8, 4) is 0 Å². The molecule has 6 heteroatoms. The van der Waals surface area contributed by atoms with E-state index in [0.717, 1.165) is 20.9 Å². The van der Waals surface area contributed by atoms with Crippen LogP contribution in [0.4, 0.5) is 5.69 Å². The zero-order chi connectivity index (χ0) is 14.1. The van der Waals surface area contributed by atoms with Crippen molar-refractivity contribution >= 4 is 38.3 Å². The van der Waals surface area contributed by atoms with Crippen molar-refractivity contribution < 1.29 is 4.79 Å². The normalized spacial score (nSPS) is 10.7. The molecule has 20 heavy (non-hydrogen) atoms. The fourth-order valence-corrected chi connectivity index (χ4v) is 2.47. The summed E-state index contributed by atoms with van der Waals surface area (Å²) in [6.45, 7) is 1.75. The number of benzene rings is 2. The van der Waals surface area contributed by atoms with E-state index in [1.54, 1.807) is 6.92 Å². The van der Waals surface area contributed by atoms with Gasteiger partial charge < -0.3 is 5.32 Å². The van der Waals surface area contributed by atoms with Crippen molar-refractivity contribution in [2.45, 2.75) is 6.92 Å². The Balaban J connectivity index is 1.99. The summed E-state index contributed by atoms with van der Waals surface area (Å²) in [6.07, 6.45) is 0. The van der Waals surface area contributed by atoms with E-state index in [9.17, 15) is 4.79 Å². The fourth-order valence-electron chi connectivity index (χ4n) is 1.99. The average molecular weight is 331 g/mol. The summed E-state index contributed by atoms with van der Waals surface area (Å²) in [5, 5.41) is 11.3. The van der Waals surface area contributed by atoms with Gasteiger partial charge in [-0.3, -0.25) is 9.89 Å². The average Bonchev–Trinajstić information content (AvgIpc) is 2.89. The molecule has 0 saturated carbocycles. The van der Waals surface area contributed by atoms with Gasteiger partial charge >= 0.3 is 0 Å². The SMILES string of the molecule is Cc1nc(C(=O)Nc2ccc(Br)c3ccccc23)n[nH]1. The first kappa shape index (κ1) is 12.8. The maximum atomic E-state index is 12.1. The number of anilines is 1. The minimum atomic E-state index is -0.332. The van der Waals surface area contributed by atoms with Crippen molar-refractivity contribution in [3.63, 3.8) is 0 Å². The Labute approximate surface area is 123 Å². The summed E-state index contributed by atoms with van der Waals surface area (Å²) >= 11 is 3.50. The zero-order valence-corrected chi connectivity index (χ0v) is 12.2. The van der Waals surface area contributed by atoms with Gasteiger partial charge in [0.2, 0.25) is 5.82 Å². The molecule has 0 spiro atoms. The maximum Gasteiger partial charge on any atom is 0.295 e. The molecule has 0 saturated heterocycles. The van der Waals surface area contributed by atoms with Crippen molar-refractivity contribution in [1.29, 1.82) is 0 Å². The molecule has 0 atom stereocenters. The minimum Gasteiger partial charge on any atom is -0.319 e. The van der Waals surface area contributed by atoms with Gasteiger partial charge in [0.25, 0.3) is 5.91 Å². The Morgan fingerprint density at radius 3 is 2.65 bits per heavy atom. The predicted octanol–water partition coefficient (Wildman–Crippen LogP) is 3.28. The maximum absolute atomic E-state index is 12.1. The Hall–Kier alpha value is -2.21. The first-order chi connectivity index (χ1) is 9.65. The van der Waals surface area contributed by atoms with E-state index in [1.165, 1.54) is 0 Å². The second-order valence-electron chi connectivity index (χ2n) is 4.34. The van der Waals surface area contributed by atoms with Crippen LogP contribution in [0.2, 0.25) is 0 Å². The first-order valence-corrected chi connectivity index (χ1v) is 6.82. The van der Waals surface area contributed by atoms with Gasteiger partial charge in [-0.05, 0) is 24.4 Å². The molecule has 1 aromatic heterocycles. The number of nitrogens with one attached hydrogen (secondary N) is 2. The van der Waals surface area contributed by atoms with Crippen LogP contribution in [0, 0.1) is 6.92 Å². The van der Waals surface area contributed by atoms with Gasteiger partial charge in [-0.2, -0.15) is 0 Å². The molecule has 0 fully saturated rings. The van der Waals surface area contributed by atoms with Gasteiger partial charge in [0.05, 0.1) is 0 Å². The number of amides is 1. The highest BCUT2D eigenvalue weighted by molar-refractivity contribution is 9.10. The predicted molar refractivity (Wildman–Crippen MR) is 80.7 cm³/mol. The third-order valence-corrected chi connectivity index (χ3v) is 3.61. The number of hydrogen-bond donors (Lipinski definition) is 2. The molecule has 100 valence electrons. The number of hydrogen-bond acceptors (Lipinski definition) is 3. The van der Waals surface area contributed by atoms with E-state index in [-0.39, 0.29) is 11.7 Å². The van der Waals surface area contributed by atoms with Gasteiger partial charge in [0.1, 0.15) is 5.82 Å². The highest BCUT2D eigenvalue weighted by Crippen LogP contribution is 2.30. The molecule has 1 heterocycles. The lowest BCUT2D eigenvalue weighted by molar-refractivity contribution is 0.101. The summed E-state index contributed by atoms with van der Waals surface area (Å²) in [5.74, 6) is 0.409. The highest BCUT2D eigenvalue weighted by Gasteiger charge is 2.13. The molecule has 5 nitrogen and oxygen atoms in total. The van der Waals surface area contributed by atoms with Crippen LogP contribution in [0.25, 0.3) is 10.8 Å². The minimum absolute atomic E-state index is 0.134. The number of rotatable bonds is 2. The van der Waals surface area contributed by atoms with Crippen LogP contribution >= 0.6 is 15.9 Å². The first-order valence-electron chi connectivity index (χ1n) is 6.03. The fraction of sp³-hybridized carbons (Fsp3) is 0.0714. The van der Waals surface area contributed by atoms with E-state index in [2.05, 4.69) is 36.4 Å². The smallest absolute Gasteiger partial charge is 0.295 e. The molecule has 2 aromatic carbocycles. The van der Waals surface area contributed by atoms with Crippen LogP contribution in [-0.4, -0.2) is 21.1 Å². The van der Waals surface area contributed by atoms with Crippen LogP contribution in [0.5, 0.6) is 0 Å². The quantitative estimate of drug-likeness (QED) is 0.757. The number of nitrogens with zero attached hydrogens (tertiary/aromatic N) is 2. The van der Waals surface area contributed by atoms with Crippen LogP contribution < -0.4 is 5.32 Å². The van der Waals surface area contributed by atoms with E-state index in [0.29, 0.717) is 5.82 Å². The molecule has 2 N–H and O–H groups in total. The van der Waals surface area contributed by atoms with Gasteiger partial charge in [-0.25, -0.2) is 4.98 Å². The number of fused-ring (bicyclic) bond motifs is 1. The van der Waals surface area contributed by atoms with Crippen molar-refractivity contribution in [3.05, 3.63) is 52.5 Å². The summed E-state index contributed by atoms with van der Waals surface area (Å²) < 4.78 is 0.986. The monoisotopic (exact) mass is 330 g/mol. The number of carbonyl (C=O) groups is 1. The lowest BCUT2D eigenvalue weighted by Gasteiger charge is -2.08. The van der Waals surface area contributed by atoms with Gasteiger partial charge in [-0.15, -0.1) is 5.10 Å². The Morgan fingerprint density at radius 2 is 1.95 bits per heavy atom. The van der Waals surface area contributed by atoms with Crippen LogP contribution in [0.3, 0.4) is 0 Å². The molecule has 3 rings (SSSR count). The van der Waals surface area contributed by atoms with Crippen LogP contribution in [-0.2, 0) is 0 Å². The summed E-state index contributed by atoms with van der Waals surface area (Å²) in [5.41, 5.74) is 0.733. The number of aromatic nitrogens is 3. The number of carbonyl (C=O) groups excluding carboxylic acids is 1. The number of aromatic amines is 1. The summed E-state index contributed by atoms with van der Waals surface area (Å²) in [4.78, 5) is 16.1. The lowest BCUT2D eigenvalue weighted by atomic mass is 10.1. The molecular formula is C14H11BrN4O. The molecule has 0 bridgehead atoms. The van der Waals surface area contributed by atoms with Crippen molar-refractivity contribution in [2.24, 2.45) is 0 Å². The van der Waals surface area contributed by atoms with E-state index in [1.807, 2.05) is 36.4 Å². The van der Waals surface area contributed by atoms with Gasteiger partial charge in [-0.1, -0.05) is 40.2 Å². The van der Waals surface area contributed by atoms with E-state index >= 15 is 0 Å². The molecule has 0 aliphatic heterocycles. The molecular weight excluding hydrogens is 320 g/mol. The molecule has 3 aromatic rings. The van der Waals surface area contributed by atoms with Crippen LogP contribution in [0.15, 0.2) is 40.9 Å². The third kappa shape index (κ3) is 2.30. The highest BCUT2D eigenvalue weighted by atomic mass is 79.9. The summed E-state index contributed by atoms with van der Waals surface area (Å²) in [7, 11) is 0. The number of H-pyrrole nitrogens is 1. The zero-order valence-electron chi connectivity index (χ0n) is 10.6. The number of aryl methyl sites for hydroxylation is 1. The Kier molecular flexibility index (Phi) is 3.23. The van der Waals surface area contributed by atoms with Crippen molar-refractivity contribution in [1.82, 2.24) is 15.2 Å².